The maximum absolute atomic E-state index is 12.0. The zero-order valence-corrected chi connectivity index (χ0v) is 17.9. The molecule has 0 atom stereocenters. The number of carbonyl (C=O) groups excluding carboxylic acids is 1. The van der Waals surface area contributed by atoms with Crippen LogP contribution in [0.15, 0.2) is 64.6 Å². The summed E-state index contributed by atoms with van der Waals surface area (Å²) >= 11 is 7.38. The molecule has 3 rings (SSSR count). The van der Waals surface area contributed by atoms with Crippen LogP contribution < -0.4 is 5.43 Å². The van der Waals surface area contributed by atoms with Crippen molar-refractivity contribution in [2.45, 2.75) is 18.7 Å². The van der Waals surface area contributed by atoms with Gasteiger partial charge < -0.3 is 4.57 Å². The van der Waals surface area contributed by atoms with Crippen molar-refractivity contribution in [2.24, 2.45) is 5.10 Å². The van der Waals surface area contributed by atoms with Gasteiger partial charge in [0.05, 0.1) is 16.9 Å². The number of hydrogen-bond donors (Lipinski definition) is 1. The van der Waals surface area contributed by atoms with Gasteiger partial charge in [0.2, 0.25) is 5.91 Å². The Labute approximate surface area is 182 Å². The summed E-state index contributed by atoms with van der Waals surface area (Å²) in [5.74, 6) is -0.116. The fraction of sp³-hybridized carbons (Fsp3) is 0.143. The van der Waals surface area contributed by atoms with Crippen molar-refractivity contribution in [3.8, 4) is 5.69 Å². The molecule has 0 unspecified atom stereocenters. The van der Waals surface area contributed by atoms with Crippen molar-refractivity contribution in [2.75, 3.05) is 5.75 Å². The number of hydrazone groups is 1. The van der Waals surface area contributed by atoms with Gasteiger partial charge in [-0.2, -0.15) is 5.10 Å². The topological polar surface area (TPSA) is 89.5 Å². The van der Waals surface area contributed by atoms with Crippen molar-refractivity contribution in [1.29, 1.82) is 0 Å². The largest absolute Gasteiger partial charge is 0.318 e. The Morgan fingerprint density at radius 1 is 1.23 bits per heavy atom. The molecular formula is C21H19ClN4O3S. The normalized spacial score (nSPS) is 11.0. The van der Waals surface area contributed by atoms with Crippen molar-refractivity contribution in [3.63, 3.8) is 0 Å². The number of rotatable bonds is 7. The first kappa shape index (κ1) is 21.6. The molecule has 3 aromatic rings. The summed E-state index contributed by atoms with van der Waals surface area (Å²) < 4.78 is 2.07. The highest BCUT2D eigenvalue weighted by atomic mass is 35.5. The maximum atomic E-state index is 12.0. The fourth-order valence-corrected chi connectivity index (χ4v) is 3.83. The summed E-state index contributed by atoms with van der Waals surface area (Å²) in [7, 11) is 0. The first-order valence-electron chi connectivity index (χ1n) is 8.99. The van der Waals surface area contributed by atoms with Gasteiger partial charge in [-0.1, -0.05) is 17.7 Å². The van der Waals surface area contributed by atoms with Gasteiger partial charge in [0.25, 0.3) is 5.69 Å². The zero-order valence-electron chi connectivity index (χ0n) is 16.3. The Morgan fingerprint density at radius 2 is 1.97 bits per heavy atom. The number of carbonyl (C=O) groups is 1. The first-order valence-corrected chi connectivity index (χ1v) is 10.4. The molecule has 0 aliphatic heterocycles. The quantitative estimate of drug-likeness (QED) is 0.244. The van der Waals surface area contributed by atoms with Gasteiger partial charge in [0, 0.05) is 44.7 Å². The summed E-state index contributed by atoms with van der Waals surface area (Å²) in [6.07, 6.45) is 1.61. The standard InChI is InChI=1S/C21H19ClN4O3S/c1-14-10-16(15(2)25(14)19-5-3-4-17(22)11-19)12-23-24-21(27)13-30-20-8-6-18(7-9-20)26(28)29/h3-12H,13H2,1-2H3,(H,24,27)/b23-12-. The van der Waals surface area contributed by atoms with E-state index in [2.05, 4.69) is 15.1 Å². The van der Waals surface area contributed by atoms with Gasteiger partial charge in [0.15, 0.2) is 0 Å². The summed E-state index contributed by atoms with van der Waals surface area (Å²) in [5, 5.41) is 15.4. The number of halogens is 1. The van der Waals surface area contributed by atoms with Crippen LogP contribution in [0.4, 0.5) is 5.69 Å². The SMILES string of the molecule is Cc1cc(/C=N\NC(=O)CSc2ccc([N+](=O)[O-])cc2)c(C)n1-c1cccc(Cl)c1. The third kappa shape index (κ3) is 5.28. The van der Waals surface area contributed by atoms with E-state index >= 15 is 0 Å². The lowest BCUT2D eigenvalue weighted by molar-refractivity contribution is -0.384. The summed E-state index contributed by atoms with van der Waals surface area (Å²) in [4.78, 5) is 23.0. The van der Waals surface area contributed by atoms with Gasteiger partial charge >= 0.3 is 0 Å². The number of nitrogens with zero attached hydrogens (tertiary/aromatic N) is 3. The zero-order chi connectivity index (χ0) is 21.7. The number of aromatic nitrogens is 1. The lowest BCUT2D eigenvalue weighted by Crippen LogP contribution is -2.19. The smallest absolute Gasteiger partial charge is 0.269 e. The minimum absolute atomic E-state index is 0.0174. The molecule has 0 saturated heterocycles. The lowest BCUT2D eigenvalue weighted by atomic mass is 10.2. The Balaban J connectivity index is 1.59. The van der Waals surface area contributed by atoms with E-state index in [1.807, 2.05) is 44.2 Å². The van der Waals surface area contributed by atoms with Gasteiger partial charge in [-0.25, -0.2) is 5.43 Å². The minimum Gasteiger partial charge on any atom is -0.318 e. The van der Waals surface area contributed by atoms with Crippen LogP contribution in [-0.2, 0) is 4.79 Å². The van der Waals surface area contributed by atoms with Crippen LogP contribution in [0.1, 0.15) is 17.0 Å². The number of hydrogen-bond acceptors (Lipinski definition) is 5. The van der Waals surface area contributed by atoms with E-state index in [1.165, 1.54) is 23.9 Å². The van der Waals surface area contributed by atoms with E-state index in [4.69, 9.17) is 11.6 Å². The van der Waals surface area contributed by atoms with Crippen molar-refractivity contribution >= 4 is 41.2 Å². The minimum atomic E-state index is -0.459. The number of nitrogens with one attached hydrogen (secondary N) is 1. The molecule has 1 amide bonds. The Morgan fingerprint density at radius 3 is 2.63 bits per heavy atom. The monoisotopic (exact) mass is 442 g/mol. The number of aryl methyl sites for hydroxylation is 1. The van der Waals surface area contributed by atoms with Crippen molar-refractivity contribution in [1.82, 2.24) is 9.99 Å². The molecule has 30 heavy (non-hydrogen) atoms. The second kappa shape index (κ2) is 9.60. The Kier molecular flexibility index (Phi) is 6.91. The molecule has 0 bridgehead atoms. The van der Waals surface area contributed by atoms with E-state index < -0.39 is 4.92 Å². The summed E-state index contributed by atoms with van der Waals surface area (Å²) in [6.45, 7) is 3.96. The number of amides is 1. The third-order valence-electron chi connectivity index (χ3n) is 4.35. The fourth-order valence-electron chi connectivity index (χ4n) is 2.95. The van der Waals surface area contributed by atoms with E-state index in [0.29, 0.717) is 5.02 Å². The average molecular weight is 443 g/mol. The molecule has 0 fully saturated rings. The van der Waals surface area contributed by atoms with Crippen LogP contribution in [-0.4, -0.2) is 27.4 Å². The van der Waals surface area contributed by atoms with Crippen LogP contribution in [0.2, 0.25) is 5.02 Å². The number of non-ortho nitro benzene ring substituents is 1. The van der Waals surface area contributed by atoms with Gasteiger partial charge in [0.1, 0.15) is 0 Å². The maximum Gasteiger partial charge on any atom is 0.269 e. The molecule has 0 spiro atoms. The molecule has 154 valence electrons. The number of nitro groups is 1. The molecule has 0 saturated carbocycles. The average Bonchev–Trinajstić information content (AvgIpc) is 3.00. The predicted octanol–water partition coefficient (Wildman–Crippen LogP) is 4.90. The predicted molar refractivity (Wildman–Crippen MR) is 120 cm³/mol. The van der Waals surface area contributed by atoms with Crippen LogP contribution in [0.5, 0.6) is 0 Å². The lowest BCUT2D eigenvalue weighted by Gasteiger charge is -2.09. The Hall–Kier alpha value is -3.10. The van der Waals surface area contributed by atoms with E-state index in [-0.39, 0.29) is 17.3 Å². The molecule has 0 aliphatic carbocycles. The second-order valence-electron chi connectivity index (χ2n) is 6.47. The van der Waals surface area contributed by atoms with Gasteiger partial charge in [-0.15, -0.1) is 11.8 Å². The highest BCUT2D eigenvalue weighted by Crippen LogP contribution is 2.23. The van der Waals surface area contributed by atoms with Crippen LogP contribution in [0, 0.1) is 24.0 Å². The highest BCUT2D eigenvalue weighted by Gasteiger charge is 2.10. The summed E-state index contributed by atoms with van der Waals surface area (Å²) in [6, 6.07) is 15.6. The van der Waals surface area contributed by atoms with Gasteiger partial charge in [-0.3, -0.25) is 14.9 Å². The highest BCUT2D eigenvalue weighted by molar-refractivity contribution is 8.00. The molecule has 7 nitrogen and oxygen atoms in total. The molecular weight excluding hydrogens is 424 g/mol. The van der Waals surface area contributed by atoms with Crippen LogP contribution in [0.3, 0.4) is 0 Å². The molecule has 0 radical (unpaired) electrons. The number of thioether (sulfide) groups is 1. The van der Waals surface area contributed by atoms with E-state index in [9.17, 15) is 14.9 Å². The van der Waals surface area contributed by atoms with Crippen molar-refractivity contribution < 1.29 is 9.72 Å². The number of benzene rings is 2. The molecule has 2 aromatic carbocycles. The third-order valence-corrected chi connectivity index (χ3v) is 5.59. The van der Waals surface area contributed by atoms with E-state index in [1.54, 1.807) is 18.3 Å². The molecule has 1 N–H and O–H groups in total. The molecule has 1 aromatic heterocycles. The van der Waals surface area contributed by atoms with Gasteiger partial charge in [-0.05, 0) is 50.2 Å². The molecule has 0 aliphatic rings. The van der Waals surface area contributed by atoms with Crippen LogP contribution in [0.25, 0.3) is 5.69 Å². The number of nitro benzene ring substituents is 1. The van der Waals surface area contributed by atoms with E-state index in [0.717, 1.165) is 27.5 Å². The summed E-state index contributed by atoms with van der Waals surface area (Å²) in [5.41, 5.74) is 6.37. The Bertz CT molecular complexity index is 1110. The molecule has 9 heteroatoms. The molecule has 1 heterocycles. The van der Waals surface area contributed by atoms with Crippen LogP contribution >= 0.6 is 23.4 Å². The van der Waals surface area contributed by atoms with Crippen molar-refractivity contribution in [3.05, 3.63) is 86.7 Å². The second-order valence-corrected chi connectivity index (χ2v) is 7.96. The first-order chi connectivity index (χ1) is 14.3.